The van der Waals surface area contributed by atoms with E-state index in [0.717, 1.165) is 6.07 Å². The molecule has 1 aromatic rings. The maximum Gasteiger partial charge on any atom is 0.573 e. The van der Waals surface area contributed by atoms with Crippen LogP contribution in [-0.4, -0.2) is 19.4 Å². The number of nitrogens with zero attached hydrogens (tertiary/aromatic N) is 1. The van der Waals surface area contributed by atoms with E-state index in [1.807, 2.05) is 0 Å². The maximum atomic E-state index is 12.2. The van der Waals surface area contributed by atoms with E-state index in [4.69, 9.17) is 11.0 Å². The average Bonchev–Trinajstić information content (AvgIpc) is 2.37. The second-order valence-electron chi connectivity index (χ2n) is 3.69. The molecule has 0 fully saturated rings. The predicted octanol–water partition coefficient (Wildman–Crippen LogP) is 1.63. The van der Waals surface area contributed by atoms with Gasteiger partial charge in [-0.15, -0.1) is 13.2 Å². The van der Waals surface area contributed by atoms with Crippen molar-refractivity contribution in [3.05, 3.63) is 28.8 Å². The van der Waals surface area contributed by atoms with Gasteiger partial charge in [0, 0.05) is 12.1 Å². The summed E-state index contributed by atoms with van der Waals surface area (Å²) in [5, 5.41) is 9.04. The second kappa shape index (κ2) is 6.25. The van der Waals surface area contributed by atoms with Crippen LogP contribution >= 0.6 is 0 Å². The minimum Gasteiger partial charge on any atom is -0.469 e. The SMILES string of the molecule is COC(=O)Cc1ccc(OC(F)(F)F)c(CN)c1C#N. The standard InChI is InChI=1S/C12H11F3N2O3/c1-19-11(18)4-7-2-3-10(20-12(13,14)15)9(6-17)8(7)5-16/h2-3H,4,6,17H2,1H3. The number of alkyl halides is 3. The van der Waals surface area contributed by atoms with Crippen LogP contribution in [0.15, 0.2) is 12.1 Å². The highest BCUT2D eigenvalue weighted by atomic mass is 19.4. The molecule has 0 radical (unpaired) electrons. The smallest absolute Gasteiger partial charge is 0.469 e. The third-order valence-electron chi connectivity index (χ3n) is 2.46. The number of rotatable bonds is 4. The van der Waals surface area contributed by atoms with Gasteiger partial charge in [0.1, 0.15) is 5.75 Å². The van der Waals surface area contributed by atoms with Gasteiger partial charge in [0.2, 0.25) is 0 Å². The number of methoxy groups -OCH3 is 1. The molecule has 0 bridgehead atoms. The highest BCUT2D eigenvalue weighted by molar-refractivity contribution is 5.74. The van der Waals surface area contributed by atoms with Gasteiger partial charge in [-0.2, -0.15) is 5.26 Å². The first-order valence-corrected chi connectivity index (χ1v) is 5.39. The molecular formula is C12H11F3N2O3. The summed E-state index contributed by atoms with van der Waals surface area (Å²) >= 11 is 0. The summed E-state index contributed by atoms with van der Waals surface area (Å²) in [6.07, 6.45) is -5.13. The molecule has 0 aliphatic carbocycles. The van der Waals surface area contributed by atoms with Crippen LogP contribution in [-0.2, 0) is 22.5 Å². The van der Waals surface area contributed by atoms with Crippen molar-refractivity contribution in [1.82, 2.24) is 0 Å². The molecule has 108 valence electrons. The van der Waals surface area contributed by atoms with Gasteiger partial charge in [0.15, 0.2) is 0 Å². The fraction of sp³-hybridized carbons (Fsp3) is 0.333. The van der Waals surface area contributed by atoms with E-state index >= 15 is 0 Å². The monoisotopic (exact) mass is 288 g/mol. The maximum absolute atomic E-state index is 12.2. The van der Waals surface area contributed by atoms with Crippen molar-refractivity contribution in [2.75, 3.05) is 7.11 Å². The van der Waals surface area contributed by atoms with Gasteiger partial charge in [0.05, 0.1) is 25.2 Å². The zero-order valence-electron chi connectivity index (χ0n) is 10.5. The molecule has 20 heavy (non-hydrogen) atoms. The number of nitriles is 1. The van der Waals surface area contributed by atoms with Gasteiger partial charge in [-0.3, -0.25) is 4.79 Å². The van der Waals surface area contributed by atoms with Gasteiger partial charge >= 0.3 is 12.3 Å². The average molecular weight is 288 g/mol. The number of nitrogens with two attached hydrogens (primary N) is 1. The summed E-state index contributed by atoms with van der Waals surface area (Å²) in [6.45, 7) is -0.330. The third-order valence-corrected chi connectivity index (χ3v) is 2.46. The van der Waals surface area contributed by atoms with Gasteiger partial charge < -0.3 is 15.2 Å². The minimum absolute atomic E-state index is 0.105. The van der Waals surface area contributed by atoms with E-state index in [2.05, 4.69) is 9.47 Å². The molecule has 1 aromatic carbocycles. The molecule has 0 saturated carbocycles. The molecule has 8 heteroatoms. The molecular weight excluding hydrogens is 277 g/mol. The van der Waals surface area contributed by atoms with Crippen LogP contribution in [0.4, 0.5) is 13.2 Å². The van der Waals surface area contributed by atoms with Crippen molar-refractivity contribution < 1.29 is 27.4 Å². The number of hydrogen-bond acceptors (Lipinski definition) is 5. The Hall–Kier alpha value is -2.27. The molecule has 2 N–H and O–H groups in total. The third kappa shape index (κ3) is 3.86. The number of benzene rings is 1. The minimum atomic E-state index is -4.89. The molecule has 0 aliphatic rings. The largest absolute Gasteiger partial charge is 0.573 e. The van der Waals surface area contributed by atoms with Crippen molar-refractivity contribution in [3.63, 3.8) is 0 Å². The number of ether oxygens (including phenoxy) is 2. The number of halogens is 3. The molecule has 0 saturated heterocycles. The van der Waals surface area contributed by atoms with Crippen LogP contribution in [0, 0.1) is 11.3 Å². The molecule has 0 heterocycles. The summed E-state index contributed by atoms with van der Waals surface area (Å²) in [5.41, 5.74) is 5.38. The van der Waals surface area contributed by atoms with Crippen LogP contribution < -0.4 is 10.5 Å². The highest BCUT2D eigenvalue weighted by Gasteiger charge is 2.32. The Kier molecular flexibility index (Phi) is 4.94. The van der Waals surface area contributed by atoms with Crippen molar-refractivity contribution in [3.8, 4) is 11.8 Å². The van der Waals surface area contributed by atoms with Crippen molar-refractivity contribution >= 4 is 5.97 Å². The topological polar surface area (TPSA) is 85.3 Å². The van der Waals surface area contributed by atoms with Gasteiger partial charge in [-0.1, -0.05) is 6.07 Å². The Morgan fingerprint density at radius 1 is 1.45 bits per heavy atom. The van der Waals surface area contributed by atoms with E-state index in [9.17, 15) is 18.0 Å². The second-order valence-corrected chi connectivity index (χ2v) is 3.69. The zero-order valence-corrected chi connectivity index (χ0v) is 10.5. The molecule has 0 spiro atoms. The molecule has 0 unspecified atom stereocenters. The first-order chi connectivity index (χ1) is 9.32. The van der Waals surface area contributed by atoms with Gasteiger partial charge in [-0.05, 0) is 11.6 Å². The summed E-state index contributed by atoms with van der Waals surface area (Å²) in [6, 6.07) is 3.96. The normalized spacial score (nSPS) is 10.8. The number of hydrogen-bond donors (Lipinski definition) is 1. The van der Waals surface area contributed by atoms with Gasteiger partial charge in [0.25, 0.3) is 0 Å². The molecule has 0 aliphatic heterocycles. The van der Waals surface area contributed by atoms with Crippen LogP contribution in [0.1, 0.15) is 16.7 Å². The summed E-state index contributed by atoms with van der Waals surface area (Å²) < 4.78 is 45.0. The molecule has 0 aromatic heterocycles. The highest BCUT2D eigenvalue weighted by Crippen LogP contribution is 2.30. The lowest BCUT2D eigenvalue weighted by Gasteiger charge is -2.15. The Bertz CT molecular complexity index is 550. The number of carbonyl (C=O) groups excluding carboxylic acids is 1. The van der Waals surface area contributed by atoms with Crippen LogP contribution in [0.3, 0.4) is 0 Å². The van der Waals surface area contributed by atoms with Crippen LogP contribution in [0.5, 0.6) is 5.75 Å². The number of carbonyl (C=O) groups is 1. The van der Waals surface area contributed by atoms with Crippen LogP contribution in [0.2, 0.25) is 0 Å². The molecule has 1 rings (SSSR count). The van der Waals surface area contributed by atoms with Crippen molar-refractivity contribution in [1.29, 1.82) is 5.26 Å². The lowest BCUT2D eigenvalue weighted by Crippen LogP contribution is -2.20. The van der Waals surface area contributed by atoms with Crippen molar-refractivity contribution in [2.24, 2.45) is 5.73 Å². The summed E-state index contributed by atoms with van der Waals surface area (Å²) in [4.78, 5) is 11.2. The van der Waals surface area contributed by atoms with Crippen LogP contribution in [0.25, 0.3) is 0 Å². The lowest BCUT2D eigenvalue weighted by atomic mass is 9.98. The van der Waals surface area contributed by atoms with E-state index < -0.39 is 18.1 Å². The lowest BCUT2D eigenvalue weighted by molar-refractivity contribution is -0.274. The Labute approximate surface area is 112 Å². The Morgan fingerprint density at radius 2 is 2.10 bits per heavy atom. The summed E-state index contributed by atoms with van der Waals surface area (Å²) in [5.74, 6) is -1.17. The quantitative estimate of drug-likeness (QED) is 0.851. The fourth-order valence-corrected chi connectivity index (χ4v) is 1.61. The van der Waals surface area contributed by atoms with E-state index in [-0.39, 0.29) is 29.7 Å². The first kappa shape index (κ1) is 15.8. The van der Waals surface area contributed by atoms with E-state index in [0.29, 0.717) is 0 Å². The van der Waals surface area contributed by atoms with Gasteiger partial charge in [-0.25, -0.2) is 0 Å². The molecule has 0 amide bonds. The molecule has 5 nitrogen and oxygen atoms in total. The van der Waals surface area contributed by atoms with E-state index in [1.54, 1.807) is 6.07 Å². The first-order valence-electron chi connectivity index (χ1n) is 5.39. The number of esters is 1. The fourth-order valence-electron chi connectivity index (χ4n) is 1.61. The summed E-state index contributed by atoms with van der Waals surface area (Å²) in [7, 11) is 1.17. The van der Waals surface area contributed by atoms with Crippen molar-refractivity contribution in [2.45, 2.75) is 19.3 Å². The zero-order chi connectivity index (χ0) is 15.3. The molecule has 0 atom stereocenters. The van der Waals surface area contributed by atoms with E-state index in [1.165, 1.54) is 13.2 Å². The predicted molar refractivity (Wildman–Crippen MR) is 61.5 cm³/mol. The Balaban J connectivity index is 3.27. The Morgan fingerprint density at radius 3 is 2.55 bits per heavy atom.